The molecule has 9 heteroatoms. The monoisotopic (exact) mass is 490 g/mol. The molecule has 0 unspecified atom stereocenters. The summed E-state index contributed by atoms with van der Waals surface area (Å²) in [6, 6.07) is 25.5. The summed E-state index contributed by atoms with van der Waals surface area (Å²) >= 11 is 0. The van der Waals surface area contributed by atoms with E-state index in [1.54, 1.807) is 72.8 Å². The SMILES string of the molecule is O=C1c2cc(S(=O)(=O)Nc3ccccc3)ccc2-c2ccc(S(=O)(=O)Nc3ccccc3)cc21. The second-order valence-electron chi connectivity index (χ2n) is 7.69. The standard InChI is InChI=1S/C25H18N2O5S2/c28-25-23-15-19(33(29,30)26-17-7-3-1-4-8-17)11-13-21(23)22-14-12-20(16-24(22)25)34(31,32)27-18-9-5-2-6-10-18/h1-16,26-27H. The number of hydrogen-bond donors (Lipinski definition) is 2. The second kappa shape index (κ2) is 8.12. The Labute approximate surface area is 197 Å². The first-order valence-corrected chi connectivity index (χ1v) is 13.2. The van der Waals surface area contributed by atoms with E-state index in [1.807, 2.05) is 0 Å². The number of hydrogen-bond acceptors (Lipinski definition) is 5. The molecule has 4 aromatic carbocycles. The highest BCUT2D eigenvalue weighted by Crippen LogP contribution is 2.39. The van der Waals surface area contributed by atoms with Crippen LogP contribution in [-0.4, -0.2) is 22.6 Å². The number of rotatable bonds is 6. The third-order valence-electron chi connectivity index (χ3n) is 5.43. The van der Waals surface area contributed by atoms with Gasteiger partial charge in [0.15, 0.2) is 5.78 Å². The van der Waals surface area contributed by atoms with Crippen molar-refractivity contribution in [3.63, 3.8) is 0 Å². The van der Waals surface area contributed by atoms with Crippen molar-refractivity contribution in [2.45, 2.75) is 9.79 Å². The van der Waals surface area contributed by atoms with Gasteiger partial charge in [0, 0.05) is 22.5 Å². The van der Waals surface area contributed by atoms with Crippen LogP contribution in [0.1, 0.15) is 15.9 Å². The zero-order valence-corrected chi connectivity index (χ0v) is 19.2. The summed E-state index contributed by atoms with van der Waals surface area (Å²) in [5.74, 6) is -0.432. The number of nitrogens with one attached hydrogen (secondary N) is 2. The summed E-state index contributed by atoms with van der Waals surface area (Å²) in [5, 5.41) is 0. The van der Waals surface area contributed by atoms with Crippen molar-refractivity contribution in [1.82, 2.24) is 0 Å². The Bertz CT molecular complexity index is 1510. The van der Waals surface area contributed by atoms with Crippen LogP contribution in [0.15, 0.2) is 107 Å². The number of anilines is 2. The lowest BCUT2D eigenvalue weighted by Gasteiger charge is -2.09. The van der Waals surface area contributed by atoms with Gasteiger partial charge in [0.05, 0.1) is 9.79 Å². The predicted molar refractivity (Wildman–Crippen MR) is 130 cm³/mol. The van der Waals surface area contributed by atoms with Gasteiger partial charge in [-0.2, -0.15) is 0 Å². The maximum absolute atomic E-state index is 13.1. The minimum Gasteiger partial charge on any atom is -0.289 e. The minimum absolute atomic E-state index is 0.0603. The Morgan fingerprint density at radius 1 is 0.471 bits per heavy atom. The number of para-hydroxylation sites is 2. The van der Waals surface area contributed by atoms with Crippen LogP contribution in [0, 0.1) is 0 Å². The van der Waals surface area contributed by atoms with Crippen LogP contribution in [0.4, 0.5) is 11.4 Å². The third-order valence-corrected chi connectivity index (χ3v) is 8.19. The molecule has 0 spiro atoms. The maximum Gasteiger partial charge on any atom is 0.261 e. The van der Waals surface area contributed by atoms with Crippen molar-refractivity contribution in [1.29, 1.82) is 0 Å². The smallest absolute Gasteiger partial charge is 0.261 e. The summed E-state index contributed by atoms with van der Waals surface area (Å²) < 4.78 is 56.3. The van der Waals surface area contributed by atoms with E-state index in [9.17, 15) is 21.6 Å². The molecule has 4 aromatic rings. The molecule has 1 aliphatic rings. The molecule has 34 heavy (non-hydrogen) atoms. The van der Waals surface area contributed by atoms with Crippen LogP contribution >= 0.6 is 0 Å². The highest BCUT2D eigenvalue weighted by atomic mass is 32.2. The molecule has 0 saturated carbocycles. The van der Waals surface area contributed by atoms with Crippen LogP contribution in [-0.2, 0) is 20.0 Å². The lowest BCUT2D eigenvalue weighted by Crippen LogP contribution is -2.14. The van der Waals surface area contributed by atoms with Crippen molar-refractivity contribution in [3.8, 4) is 11.1 Å². The molecular formula is C25H18N2O5S2. The van der Waals surface area contributed by atoms with E-state index in [-0.39, 0.29) is 20.9 Å². The van der Waals surface area contributed by atoms with E-state index < -0.39 is 25.8 Å². The molecule has 0 atom stereocenters. The quantitative estimate of drug-likeness (QED) is 0.364. The molecule has 0 fully saturated rings. The van der Waals surface area contributed by atoms with Gasteiger partial charge < -0.3 is 0 Å². The van der Waals surface area contributed by atoms with Gasteiger partial charge >= 0.3 is 0 Å². The number of benzene rings is 4. The maximum atomic E-state index is 13.1. The summed E-state index contributed by atoms with van der Waals surface area (Å²) in [6.45, 7) is 0. The number of sulfonamides is 2. The summed E-state index contributed by atoms with van der Waals surface area (Å²) in [7, 11) is -7.84. The van der Waals surface area contributed by atoms with Gasteiger partial charge in [0.1, 0.15) is 0 Å². The molecular weight excluding hydrogens is 472 g/mol. The Balaban J connectivity index is 1.48. The largest absolute Gasteiger partial charge is 0.289 e. The highest BCUT2D eigenvalue weighted by molar-refractivity contribution is 7.93. The molecule has 1 aliphatic carbocycles. The fraction of sp³-hybridized carbons (Fsp3) is 0. The number of carbonyl (C=O) groups is 1. The average Bonchev–Trinajstić information content (AvgIpc) is 3.11. The van der Waals surface area contributed by atoms with E-state index in [0.717, 1.165) is 0 Å². The van der Waals surface area contributed by atoms with Crippen LogP contribution in [0.25, 0.3) is 11.1 Å². The van der Waals surface area contributed by atoms with Gasteiger partial charge in [-0.05, 0) is 59.7 Å². The summed E-state index contributed by atoms with van der Waals surface area (Å²) in [4.78, 5) is 13.0. The van der Waals surface area contributed by atoms with Crippen molar-refractivity contribution in [2.24, 2.45) is 0 Å². The molecule has 170 valence electrons. The van der Waals surface area contributed by atoms with Gasteiger partial charge in [0.25, 0.3) is 20.0 Å². The zero-order chi connectivity index (χ0) is 23.9. The number of ketones is 1. The first kappa shape index (κ1) is 21.9. The van der Waals surface area contributed by atoms with Crippen molar-refractivity contribution in [2.75, 3.05) is 9.44 Å². The Kier molecular flexibility index (Phi) is 5.22. The molecule has 0 heterocycles. The second-order valence-corrected chi connectivity index (χ2v) is 11.1. The van der Waals surface area contributed by atoms with Gasteiger partial charge in [-0.3, -0.25) is 14.2 Å². The topological polar surface area (TPSA) is 109 Å². The Hall–Kier alpha value is -3.95. The van der Waals surface area contributed by atoms with Crippen molar-refractivity contribution < 1.29 is 21.6 Å². The lowest BCUT2D eigenvalue weighted by molar-refractivity contribution is 0.104. The Morgan fingerprint density at radius 2 is 0.853 bits per heavy atom. The zero-order valence-electron chi connectivity index (χ0n) is 17.6. The molecule has 0 saturated heterocycles. The van der Waals surface area contributed by atoms with E-state index in [1.165, 1.54) is 24.3 Å². The molecule has 5 rings (SSSR count). The molecule has 0 bridgehead atoms. The summed E-state index contributed by atoms with van der Waals surface area (Å²) in [6.07, 6.45) is 0. The van der Waals surface area contributed by atoms with E-state index in [2.05, 4.69) is 9.44 Å². The molecule has 0 aliphatic heterocycles. The van der Waals surface area contributed by atoms with Gasteiger partial charge in [0.2, 0.25) is 0 Å². The van der Waals surface area contributed by atoms with Crippen LogP contribution in [0.2, 0.25) is 0 Å². The van der Waals surface area contributed by atoms with Crippen LogP contribution < -0.4 is 9.44 Å². The fourth-order valence-electron chi connectivity index (χ4n) is 3.81. The first-order valence-electron chi connectivity index (χ1n) is 10.2. The van der Waals surface area contributed by atoms with Crippen LogP contribution in [0.5, 0.6) is 0 Å². The van der Waals surface area contributed by atoms with Crippen LogP contribution in [0.3, 0.4) is 0 Å². The third kappa shape index (κ3) is 3.95. The van der Waals surface area contributed by atoms with Gasteiger partial charge in [-0.15, -0.1) is 0 Å². The average molecular weight is 491 g/mol. The lowest BCUT2D eigenvalue weighted by atomic mass is 10.1. The summed E-state index contributed by atoms with van der Waals surface area (Å²) in [5.41, 5.74) is 2.32. The minimum atomic E-state index is -3.92. The van der Waals surface area contributed by atoms with Crippen molar-refractivity contribution >= 4 is 37.2 Å². The molecule has 0 aromatic heterocycles. The number of carbonyl (C=O) groups excluding carboxylic acids is 1. The van der Waals surface area contributed by atoms with Gasteiger partial charge in [-0.25, -0.2) is 16.8 Å². The molecule has 2 N–H and O–H groups in total. The molecule has 0 radical (unpaired) electrons. The first-order chi connectivity index (χ1) is 16.2. The van der Waals surface area contributed by atoms with Crippen molar-refractivity contribution in [3.05, 3.63) is 108 Å². The van der Waals surface area contributed by atoms with E-state index >= 15 is 0 Å². The fourth-order valence-corrected chi connectivity index (χ4v) is 5.98. The number of fused-ring (bicyclic) bond motifs is 3. The highest BCUT2D eigenvalue weighted by Gasteiger charge is 2.30. The van der Waals surface area contributed by atoms with E-state index in [0.29, 0.717) is 22.5 Å². The molecule has 0 amide bonds. The predicted octanol–water partition coefficient (Wildman–Crippen LogP) is 4.50. The normalized spacial score (nSPS) is 12.6. The van der Waals surface area contributed by atoms with Gasteiger partial charge in [-0.1, -0.05) is 48.5 Å². The Morgan fingerprint density at radius 3 is 1.24 bits per heavy atom. The van der Waals surface area contributed by atoms with E-state index in [4.69, 9.17) is 0 Å². The molecule has 7 nitrogen and oxygen atoms in total.